The van der Waals surface area contributed by atoms with Crippen LogP contribution in [-0.4, -0.2) is 22.4 Å². The van der Waals surface area contributed by atoms with E-state index in [-0.39, 0.29) is 5.92 Å². The van der Waals surface area contributed by atoms with Crippen molar-refractivity contribution < 1.29 is 10.2 Å². The standard InChI is InChI=1S/C27H46O2/c1-18(2)8-6-9-19(3)23-13-14-24-22(10-7-15-27(23,24)5)12-11-21-16-25(28)20(4)26(29)17-21/h11-12,18-20,23-26,28-29H,6-10,13-17H2,1-5H3/b21-11?,22-12+/t19?,20?,23?,24?,25-,26?,27?/m1/s1. The van der Waals surface area contributed by atoms with E-state index in [1.807, 2.05) is 6.92 Å². The molecule has 2 heteroatoms. The van der Waals surface area contributed by atoms with Gasteiger partial charge < -0.3 is 10.2 Å². The number of aliphatic hydroxyl groups is 2. The molecule has 0 heterocycles. The minimum absolute atomic E-state index is 0.00875. The maximum absolute atomic E-state index is 10.2. The Bertz CT molecular complexity index is 590. The second-order valence-corrected chi connectivity index (χ2v) is 11.4. The normalized spacial score (nSPS) is 41.9. The van der Waals surface area contributed by atoms with Gasteiger partial charge in [-0.25, -0.2) is 0 Å². The van der Waals surface area contributed by atoms with Gasteiger partial charge in [-0.3, -0.25) is 0 Å². The van der Waals surface area contributed by atoms with E-state index in [1.165, 1.54) is 56.9 Å². The number of hydrogen-bond donors (Lipinski definition) is 2. The van der Waals surface area contributed by atoms with Crippen LogP contribution >= 0.6 is 0 Å². The molecule has 0 aromatic heterocycles. The van der Waals surface area contributed by atoms with Crippen molar-refractivity contribution in [2.75, 3.05) is 0 Å². The number of allylic oxidation sites excluding steroid dienone is 3. The molecule has 3 aliphatic carbocycles. The molecule has 3 fully saturated rings. The van der Waals surface area contributed by atoms with E-state index in [0.717, 1.165) is 36.5 Å². The minimum Gasteiger partial charge on any atom is -0.392 e. The Hall–Kier alpha value is -0.600. The predicted octanol–water partition coefficient (Wildman–Crippen LogP) is 6.67. The molecule has 3 rings (SSSR count). The SMILES string of the molecule is CC(C)CCCC(C)C1CCC2/C(=C/C=C3CC(O)C(C)[C@H](O)C3)CCCC21C. The van der Waals surface area contributed by atoms with Crippen molar-refractivity contribution in [3.05, 3.63) is 23.3 Å². The van der Waals surface area contributed by atoms with Crippen LogP contribution in [0.1, 0.15) is 98.8 Å². The summed E-state index contributed by atoms with van der Waals surface area (Å²) in [7, 11) is 0. The number of aliphatic hydroxyl groups excluding tert-OH is 2. The fourth-order valence-electron chi connectivity index (χ4n) is 6.87. The molecule has 2 nitrogen and oxygen atoms in total. The minimum atomic E-state index is -0.400. The molecular weight excluding hydrogens is 356 g/mol. The summed E-state index contributed by atoms with van der Waals surface area (Å²) in [6.07, 6.45) is 16.1. The van der Waals surface area contributed by atoms with Crippen LogP contribution < -0.4 is 0 Å². The molecule has 0 aromatic carbocycles. The Morgan fingerprint density at radius 1 is 1.03 bits per heavy atom. The lowest BCUT2D eigenvalue weighted by atomic mass is 9.60. The topological polar surface area (TPSA) is 40.5 Å². The molecule has 0 spiro atoms. The zero-order valence-corrected chi connectivity index (χ0v) is 19.7. The van der Waals surface area contributed by atoms with Gasteiger partial charge in [-0.05, 0) is 74.0 Å². The quantitative estimate of drug-likeness (QED) is 0.521. The Morgan fingerprint density at radius 2 is 1.72 bits per heavy atom. The van der Waals surface area contributed by atoms with E-state index < -0.39 is 12.2 Å². The van der Waals surface area contributed by atoms with Crippen molar-refractivity contribution in [3.63, 3.8) is 0 Å². The first-order valence-electron chi connectivity index (χ1n) is 12.5. The fraction of sp³-hybridized carbons (Fsp3) is 0.852. The third-order valence-corrected chi connectivity index (χ3v) is 8.86. The highest BCUT2D eigenvalue weighted by molar-refractivity contribution is 5.26. The van der Waals surface area contributed by atoms with Crippen molar-refractivity contribution in [1.82, 2.24) is 0 Å². The van der Waals surface area contributed by atoms with E-state index in [2.05, 4.69) is 39.8 Å². The van der Waals surface area contributed by atoms with Gasteiger partial charge in [0.15, 0.2) is 0 Å². The highest BCUT2D eigenvalue weighted by Gasteiger charge is 2.50. The van der Waals surface area contributed by atoms with Crippen LogP contribution in [0.4, 0.5) is 0 Å². The molecule has 29 heavy (non-hydrogen) atoms. The zero-order valence-electron chi connectivity index (χ0n) is 19.7. The van der Waals surface area contributed by atoms with Crippen LogP contribution in [0.25, 0.3) is 0 Å². The highest BCUT2D eigenvalue weighted by Crippen LogP contribution is 2.59. The van der Waals surface area contributed by atoms with Gasteiger partial charge in [-0.15, -0.1) is 0 Å². The van der Waals surface area contributed by atoms with Crippen molar-refractivity contribution in [3.8, 4) is 0 Å². The Balaban J connectivity index is 1.68. The maximum Gasteiger partial charge on any atom is 0.0627 e. The highest BCUT2D eigenvalue weighted by atomic mass is 16.3. The summed E-state index contributed by atoms with van der Waals surface area (Å²) in [5, 5.41) is 20.5. The van der Waals surface area contributed by atoms with Crippen LogP contribution in [0.2, 0.25) is 0 Å². The molecule has 166 valence electrons. The van der Waals surface area contributed by atoms with Gasteiger partial charge in [0.25, 0.3) is 0 Å². The van der Waals surface area contributed by atoms with Crippen LogP contribution in [0, 0.1) is 35.0 Å². The van der Waals surface area contributed by atoms with Crippen LogP contribution in [0.5, 0.6) is 0 Å². The molecule has 0 bridgehead atoms. The van der Waals surface area contributed by atoms with Crippen molar-refractivity contribution >= 4 is 0 Å². The molecule has 0 radical (unpaired) electrons. The molecular formula is C27H46O2. The summed E-state index contributed by atoms with van der Waals surface area (Å²) < 4.78 is 0. The summed E-state index contributed by atoms with van der Waals surface area (Å²) in [6.45, 7) is 11.7. The summed E-state index contributed by atoms with van der Waals surface area (Å²) >= 11 is 0. The number of hydrogen-bond acceptors (Lipinski definition) is 2. The Labute approximate surface area is 179 Å². The predicted molar refractivity (Wildman–Crippen MR) is 123 cm³/mol. The van der Waals surface area contributed by atoms with E-state index in [0.29, 0.717) is 5.41 Å². The van der Waals surface area contributed by atoms with Gasteiger partial charge >= 0.3 is 0 Å². The average Bonchev–Trinajstić information content (AvgIpc) is 3.01. The van der Waals surface area contributed by atoms with Crippen molar-refractivity contribution in [2.45, 2.75) is 111 Å². The third kappa shape index (κ3) is 5.18. The Kier molecular flexibility index (Phi) is 7.71. The summed E-state index contributed by atoms with van der Waals surface area (Å²) in [5.41, 5.74) is 3.34. The fourth-order valence-corrected chi connectivity index (χ4v) is 6.87. The molecule has 0 aromatic rings. The van der Waals surface area contributed by atoms with Gasteiger partial charge in [0.1, 0.15) is 0 Å². The van der Waals surface area contributed by atoms with Gasteiger partial charge in [0, 0.05) is 5.92 Å². The lowest BCUT2D eigenvalue weighted by Gasteiger charge is -2.44. The monoisotopic (exact) mass is 402 g/mol. The lowest BCUT2D eigenvalue weighted by molar-refractivity contribution is 0.00407. The molecule has 7 atom stereocenters. The molecule has 0 aliphatic heterocycles. The van der Waals surface area contributed by atoms with E-state index in [1.54, 1.807) is 5.57 Å². The van der Waals surface area contributed by atoms with E-state index >= 15 is 0 Å². The van der Waals surface area contributed by atoms with Crippen LogP contribution in [-0.2, 0) is 0 Å². The summed E-state index contributed by atoms with van der Waals surface area (Å²) in [6, 6.07) is 0. The summed E-state index contributed by atoms with van der Waals surface area (Å²) in [4.78, 5) is 0. The molecule has 2 N–H and O–H groups in total. The van der Waals surface area contributed by atoms with Crippen LogP contribution in [0.15, 0.2) is 23.3 Å². The van der Waals surface area contributed by atoms with Crippen LogP contribution in [0.3, 0.4) is 0 Å². The van der Waals surface area contributed by atoms with Gasteiger partial charge in [0.2, 0.25) is 0 Å². The maximum atomic E-state index is 10.2. The van der Waals surface area contributed by atoms with Crippen molar-refractivity contribution in [1.29, 1.82) is 0 Å². The van der Waals surface area contributed by atoms with E-state index in [9.17, 15) is 10.2 Å². The smallest absolute Gasteiger partial charge is 0.0627 e. The summed E-state index contributed by atoms with van der Waals surface area (Å²) in [5.74, 6) is 3.27. The number of rotatable bonds is 6. The largest absolute Gasteiger partial charge is 0.392 e. The molecule has 3 aliphatic rings. The zero-order chi connectivity index (χ0) is 21.2. The molecule has 3 saturated carbocycles. The van der Waals surface area contributed by atoms with Gasteiger partial charge in [0.05, 0.1) is 12.2 Å². The third-order valence-electron chi connectivity index (χ3n) is 8.86. The van der Waals surface area contributed by atoms with Gasteiger partial charge in [-0.1, -0.05) is 77.2 Å². The second kappa shape index (κ2) is 9.69. The van der Waals surface area contributed by atoms with Crippen molar-refractivity contribution in [2.24, 2.45) is 35.0 Å². The second-order valence-electron chi connectivity index (χ2n) is 11.4. The molecule has 6 unspecified atom stereocenters. The molecule has 0 saturated heterocycles. The first-order chi connectivity index (χ1) is 13.7. The Morgan fingerprint density at radius 3 is 2.38 bits per heavy atom. The number of fused-ring (bicyclic) bond motifs is 1. The first kappa shape index (κ1) is 23.1. The molecule has 0 amide bonds. The average molecular weight is 403 g/mol. The first-order valence-corrected chi connectivity index (χ1v) is 12.5. The van der Waals surface area contributed by atoms with Gasteiger partial charge in [-0.2, -0.15) is 0 Å². The lowest BCUT2D eigenvalue weighted by Crippen LogP contribution is -2.36. The van der Waals surface area contributed by atoms with E-state index in [4.69, 9.17) is 0 Å².